The maximum atomic E-state index is 5.48. The molecule has 1 N–H and O–H groups in total. The number of piperidine rings is 1. The highest BCUT2D eigenvalue weighted by atomic mass is 16.5. The van der Waals surface area contributed by atoms with Gasteiger partial charge in [0.05, 0.1) is 12.8 Å². The molecule has 3 rings (SSSR count). The number of H-pyrrole nitrogens is 1. The molecule has 5 nitrogen and oxygen atoms in total. The van der Waals surface area contributed by atoms with Crippen molar-refractivity contribution in [1.29, 1.82) is 0 Å². The standard InChI is InChI=1S/C21H32N4O/c1-17-13-20(23-22-17)16-24(2)14-18-7-6-11-25(15-18)12-10-19-8-4-5-9-21(19)26-3/h4-5,8-9,13,18H,6-7,10-12,14-16H2,1-3H3,(H,22,23)/t18-/m0/s1. The molecule has 0 aliphatic carbocycles. The number of aryl methyl sites for hydroxylation is 1. The first-order valence-electron chi connectivity index (χ1n) is 9.67. The van der Waals surface area contributed by atoms with Crippen molar-refractivity contribution in [2.24, 2.45) is 5.92 Å². The summed E-state index contributed by atoms with van der Waals surface area (Å²) in [6, 6.07) is 10.5. The third-order valence-electron chi connectivity index (χ3n) is 5.25. The Bertz CT molecular complexity index is 684. The van der Waals surface area contributed by atoms with Crippen LogP contribution in [0, 0.1) is 12.8 Å². The summed E-state index contributed by atoms with van der Waals surface area (Å²) in [5.41, 5.74) is 3.57. The van der Waals surface area contributed by atoms with Crippen LogP contribution in [0.5, 0.6) is 5.75 Å². The second-order valence-electron chi connectivity index (χ2n) is 7.61. The van der Waals surface area contributed by atoms with E-state index in [1.54, 1.807) is 7.11 Å². The zero-order chi connectivity index (χ0) is 18.4. The first-order valence-corrected chi connectivity index (χ1v) is 9.67. The molecule has 0 radical (unpaired) electrons. The maximum Gasteiger partial charge on any atom is 0.122 e. The monoisotopic (exact) mass is 356 g/mol. The number of aromatic nitrogens is 2. The first-order chi connectivity index (χ1) is 12.6. The van der Waals surface area contributed by atoms with Crippen LogP contribution in [0.4, 0.5) is 0 Å². The summed E-state index contributed by atoms with van der Waals surface area (Å²) in [5, 5.41) is 7.39. The first kappa shape index (κ1) is 18.9. The average Bonchev–Trinajstić information content (AvgIpc) is 3.05. The van der Waals surface area contributed by atoms with Crippen molar-refractivity contribution in [1.82, 2.24) is 20.0 Å². The van der Waals surface area contributed by atoms with E-state index in [1.165, 1.54) is 31.5 Å². The normalized spacial score (nSPS) is 18.4. The summed E-state index contributed by atoms with van der Waals surface area (Å²) < 4.78 is 5.48. The van der Waals surface area contributed by atoms with Crippen LogP contribution >= 0.6 is 0 Å². The van der Waals surface area contributed by atoms with Crippen LogP contribution in [0.1, 0.15) is 29.8 Å². The summed E-state index contributed by atoms with van der Waals surface area (Å²) in [5.74, 6) is 1.75. The summed E-state index contributed by atoms with van der Waals surface area (Å²) in [4.78, 5) is 5.02. The number of rotatable bonds is 8. The third kappa shape index (κ3) is 5.32. The van der Waals surface area contributed by atoms with Crippen molar-refractivity contribution >= 4 is 0 Å². The van der Waals surface area contributed by atoms with E-state index < -0.39 is 0 Å². The number of hydrogen-bond acceptors (Lipinski definition) is 4. The van der Waals surface area contributed by atoms with Gasteiger partial charge in [-0.05, 0) is 63.4 Å². The van der Waals surface area contributed by atoms with Crippen molar-refractivity contribution in [3.05, 3.63) is 47.3 Å². The Morgan fingerprint density at radius 3 is 2.96 bits per heavy atom. The van der Waals surface area contributed by atoms with Crippen LogP contribution in [-0.4, -0.2) is 60.3 Å². The number of likely N-dealkylation sites (tertiary alicyclic amines) is 1. The number of aromatic amines is 1. The molecule has 1 saturated heterocycles. The highest BCUT2D eigenvalue weighted by Crippen LogP contribution is 2.21. The molecule has 0 saturated carbocycles. The second kappa shape index (κ2) is 9.19. The molecule has 0 amide bonds. The molecule has 1 aliphatic rings. The van der Waals surface area contributed by atoms with Gasteiger partial charge < -0.3 is 14.5 Å². The number of hydrogen-bond donors (Lipinski definition) is 1. The molecular weight excluding hydrogens is 324 g/mol. The Labute approximate surface area is 157 Å². The molecule has 1 atom stereocenters. The van der Waals surface area contributed by atoms with Crippen molar-refractivity contribution in [3.8, 4) is 5.75 Å². The molecule has 1 aliphatic heterocycles. The van der Waals surface area contributed by atoms with Gasteiger partial charge in [0.15, 0.2) is 0 Å². The predicted octanol–water partition coefficient (Wildman–Crippen LogP) is 3.11. The van der Waals surface area contributed by atoms with E-state index in [1.807, 2.05) is 6.07 Å². The minimum absolute atomic E-state index is 0.742. The van der Waals surface area contributed by atoms with Gasteiger partial charge in [-0.1, -0.05) is 18.2 Å². The van der Waals surface area contributed by atoms with E-state index in [0.717, 1.165) is 49.1 Å². The average molecular weight is 357 g/mol. The van der Waals surface area contributed by atoms with E-state index in [4.69, 9.17) is 4.74 Å². The zero-order valence-corrected chi connectivity index (χ0v) is 16.4. The van der Waals surface area contributed by atoms with Crippen molar-refractivity contribution in [2.45, 2.75) is 32.7 Å². The molecule has 0 spiro atoms. The van der Waals surface area contributed by atoms with E-state index in [2.05, 4.69) is 58.2 Å². The van der Waals surface area contributed by atoms with Gasteiger partial charge in [0.25, 0.3) is 0 Å². The fraction of sp³-hybridized carbons (Fsp3) is 0.571. The van der Waals surface area contributed by atoms with Crippen LogP contribution in [-0.2, 0) is 13.0 Å². The molecule has 2 heterocycles. The lowest BCUT2D eigenvalue weighted by Gasteiger charge is -2.34. The molecule has 142 valence electrons. The van der Waals surface area contributed by atoms with E-state index in [9.17, 15) is 0 Å². The Morgan fingerprint density at radius 1 is 1.35 bits per heavy atom. The molecule has 2 aromatic rings. The highest BCUT2D eigenvalue weighted by molar-refractivity contribution is 5.33. The molecule has 1 aromatic heterocycles. The van der Waals surface area contributed by atoms with E-state index in [0.29, 0.717) is 0 Å². The van der Waals surface area contributed by atoms with Crippen LogP contribution in [0.2, 0.25) is 0 Å². The SMILES string of the molecule is COc1ccccc1CCN1CCC[C@@H](CN(C)Cc2cc(C)[nH]n2)C1. The van der Waals surface area contributed by atoms with Crippen molar-refractivity contribution in [2.75, 3.05) is 40.3 Å². The van der Waals surface area contributed by atoms with E-state index in [-0.39, 0.29) is 0 Å². The molecule has 0 unspecified atom stereocenters. The largest absolute Gasteiger partial charge is 0.496 e. The highest BCUT2D eigenvalue weighted by Gasteiger charge is 2.21. The van der Waals surface area contributed by atoms with Gasteiger partial charge in [0.1, 0.15) is 5.75 Å². The van der Waals surface area contributed by atoms with Gasteiger partial charge in [-0.2, -0.15) is 5.10 Å². The number of nitrogens with one attached hydrogen (secondary N) is 1. The summed E-state index contributed by atoms with van der Waals surface area (Å²) in [7, 11) is 3.96. The second-order valence-corrected chi connectivity index (χ2v) is 7.61. The lowest BCUT2D eigenvalue weighted by atomic mass is 9.97. The summed E-state index contributed by atoms with van der Waals surface area (Å²) in [6.07, 6.45) is 3.68. The van der Waals surface area contributed by atoms with Crippen molar-refractivity contribution in [3.63, 3.8) is 0 Å². The topological polar surface area (TPSA) is 44.4 Å². The van der Waals surface area contributed by atoms with Gasteiger partial charge in [0.2, 0.25) is 0 Å². The Kier molecular flexibility index (Phi) is 6.69. The quantitative estimate of drug-likeness (QED) is 0.789. The van der Waals surface area contributed by atoms with Gasteiger partial charge in [-0.15, -0.1) is 0 Å². The van der Waals surface area contributed by atoms with Gasteiger partial charge >= 0.3 is 0 Å². The number of nitrogens with zero attached hydrogens (tertiary/aromatic N) is 3. The van der Waals surface area contributed by atoms with Crippen LogP contribution in [0.3, 0.4) is 0 Å². The van der Waals surface area contributed by atoms with Gasteiger partial charge in [-0.3, -0.25) is 5.10 Å². The molecule has 26 heavy (non-hydrogen) atoms. The molecule has 0 bridgehead atoms. The lowest BCUT2D eigenvalue weighted by Crippen LogP contribution is -2.40. The Balaban J connectivity index is 1.46. The number of para-hydroxylation sites is 1. The number of benzene rings is 1. The Morgan fingerprint density at radius 2 is 2.19 bits per heavy atom. The minimum Gasteiger partial charge on any atom is -0.496 e. The number of methoxy groups -OCH3 is 1. The van der Waals surface area contributed by atoms with Gasteiger partial charge in [-0.25, -0.2) is 0 Å². The van der Waals surface area contributed by atoms with Crippen LogP contribution < -0.4 is 4.74 Å². The summed E-state index contributed by atoms with van der Waals surface area (Å²) in [6.45, 7) is 7.63. The molecule has 1 aromatic carbocycles. The van der Waals surface area contributed by atoms with Gasteiger partial charge in [0, 0.05) is 31.9 Å². The van der Waals surface area contributed by atoms with E-state index >= 15 is 0 Å². The fourth-order valence-corrected chi connectivity index (χ4v) is 4.03. The minimum atomic E-state index is 0.742. The molecule has 1 fully saturated rings. The van der Waals surface area contributed by atoms with Crippen LogP contribution in [0.25, 0.3) is 0 Å². The zero-order valence-electron chi connectivity index (χ0n) is 16.4. The molecular formula is C21H32N4O. The third-order valence-corrected chi connectivity index (χ3v) is 5.25. The maximum absolute atomic E-state index is 5.48. The van der Waals surface area contributed by atoms with Crippen LogP contribution in [0.15, 0.2) is 30.3 Å². The smallest absolute Gasteiger partial charge is 0.122 e. The fourth-order valence-electron chi connectivity index (χ4n) is 4.03. The van der Waals surface area contributed by atoms with Crippen molar-refractivity contribution < 1.29 is 4.74 Å². The lowest BCUT2D eigenvalue weighted by molar-refractivity contribution is 0.141. The Hall–Kier alpha value is -1.85. The summed E-state index contributed by atoms with van der Waals surface area (Å²) >= 11 is 0. The predicted molar refractivity (Wildman–Crippen MR) is 106 cm³/mol. The molecule has 5 heteroatoms. The number of ether oxygens (including phenoxy) is 1.